The van der Waals surface area contributed by atoms with E-state index >= 15 is 0 Å². The van der Waals surface area contributed by atoms with Crippen molar-refractivity contribution < 1.29 is 5.11 Å². The van der Waals surface area contributed by atoms with Gasteiger partial charge in [0.1, 0.15) is 0 Å². The van der Waals surface area contributed by atoms with Crippen molar-refractivity contribution >= 4 is 0 Å². The van der Waals surface area contributed by atoms with Crippen molar-refractivity contribution in [2.75, 3.05) is 0 Å². The van der Waals surface area contributed by atoms with Gasteiger partial charge in [0, 0.05) is 0 Å². The Kier molecular flexibility index (Phi) is 4.66. The van der Waals surface area contributed by atoms with Gasteiger partial charge < -0.3 is 5.11 Å². The average molecular weight is 427 g/mol. The molecular formula is C30H50O. The van der Waals surface area contributed by atoms with E-state index < -0.39 is 0 Å². The monoisotopic (exact) mass is 426 g/mol. The number of rotatable bonds is 0. The van der Waals surface area contributed by atoms with E-state index in [1.807, 2.05) is 5.57 Å². The number of hydrogen-bond acceptors (Lipinski definition) is 1. The van der Waals surface area contributed by atoms with Gasteiger partial charge in [-0.15, -0.1) is 0 Å². The van der Waals surface area contributed by atoms with Crippen LogP contribution >= 0.6 is 0 Å². The molecule has 4 saturated carbocycles. The highest BCUT2D eigenvalue weighted by Gasteiger charge is 2.66. The van der Waals surface area contributed by atoms with E-state index in [0.29, 0.717) is 33.0 Å². The summed E-state index contributed by atoms with van der Waals surface area (Å²) in [5.41, 5.74) is 4.07. The molecule has 0 amide bonds. The first-order valence-electron chi connectivity index (χ1n) is 13.6. The minimum atomic E-state index is -0.122. The summed E-state index contributed by atoms with van der Waals surface area (Å²) in [4.78, 5) is 0. The van der Waals surface area contributed by atoms with Crippen molar-refractivity contribution in [3.05, 3.63) is 11.6 Å². The fraction of sp³-hybridized carbons (Fsp3) is 0.933. The van der Waals surface area contributed by atoms with E-state index in [0.717, 1.165) is 18.3 Å². The highest BCUT2D eigenvalue weighted by molar-refractivity contribution is 5.34. The SMILES string of the molecule is CC1(C)CC[C@]2(C)CC=C3[C@]4(C)CC[C@H]5C(C)(C)[C@H](O)CC[C@]5(C)[C@H]4CC[C@@]3(C)[C@H]2C1. The molecule has 31 heavy (non-hydrogen) atoms. The normalized spacial score (nSPS) is 55.2. The Hall–Kier alpha value is -0.300. The molecule has 5 aliphatic carbocycles. The summed E-state index contributed by atoms with van der Waals surface area (Å²) < 4.78 is 0. The Morgan fingerprint density at radius 1 is 0.710 bits per heavy atom. The lowest BCUT2D eigenvalue weighted by Gasteiger charge is -2.70. The summed E-state index contributed by atoms with van der Waals surface area (Å²) in [6.07, 6.45) is 15.8. The maximum absolute atomic E-state index is 10.9. The van der Waals surface area contributed by atoms with Gasteiger partial charge in [-0.1, -0.05) is 67.0 Å². The fourth-order valence-electron chi connectivity index (χ4n) is 10.8. The van der Waals surface area contributed by atoms with Crippen LogP contribution in [0, 0.1) is 50.2 Å². The van der Waals surface area contributed by atoms with Crippen LogP contribution in [0.25, 0.3) is 0 Å². The summed E-state index contributed by atoms with van der Waals surface area (Å²) in [5.74, 6) is 2.29. The fourth-order valence-corrected chi connectivity index (χ4v) is 10.8. The van der Waals surface area contributed by atoms with Crippen LogP contribution in [0.15, 0.2) is 11.6 Å². The van der Waals surface area contributed by atoms with Crippen molar-refractivity contribution in [2.24, 2.45) is 50.2 Å². The van der Waals surface area contributed by atoms with Crippen molar-refractivity contribution in [2.45, 2.75) is 126 Å². The average Bonchev–Trinajstić information content (AvgIpc) is 2.66. The highest BCUT2D eigenvalue weighted by atomic mass is 16.3. The summed E-state index contributed by atoms with van der Waals surface area (Å²) in [6.45, 7) is 20.4. The van der Waals surface area contributed by atoms with Crippen molar-refractivity contribution in [3.8, 4) is 0 Å². The van der Waals surface area contributed by atoms with Crippen molar-refractivity contribution in [1.82, 2.24) is 0 Å². The number of aliphatic hydroxyl groups excluding tert-OH is 1. The standard InChI is InChI=1S/C30H50O/c1-25(2)17-18-27(5)13-9-21-29(7)14-10-20-26(3,4)24(31)12-16-28(20,6)22(29)11-15-30(21,8)23(27)19-25/h9,20,22-24,31H,10-19H2,1-8H3/t20-,22+,23-,24+,27-,28-,29-,30+/m0/s1. The van der Waals surface area contributed by atoms with Gasteiger partial charge in [0.2, 0.25) is 0 Å². The zero-order chi connectivity index (χ0) is 22.7. The minimum absolute atomic E-state index is 0.0575. The molecule has 0 aromatic carbocycles. The van der Waals surface area contributed by atoms with Gasteiger partial charge in [0.15, 0.2) is 0 Å². The van der Waals surface area contributed by atoms with Gasteiger partial charge in [-0.25, -0.2) is 0 Å². The van der Waals surface area contributed by atoms with Crippen LogP contribution in [0.4, 0.5) is 0 Å². The van der Waals surface area contributed by atoms with Crippen LogP contribution < -0.4 is 0 Å². The molecule has 0 saturated heterocycles. The maximum Gasteiger partial charge on any atom is 0.0594 e. The Morgan fingerprint density at radius 3 is 2.00 bits per heavy atom. The molecule has 0 radical (unpaired) electrons. The molecule has 0 aromatic rings. The first kappa shape index (κ1) is 22.5. The molecule has 4 fully saturated rings. The van der Waals surface area contributed by atoms with Crippen LogP contribution in [0.2, 0.25) is 0 Å². The van der Waals surface area contributed by atoms with Crippen molar-refractivity contribution in [3.63, 3.8) is 0 Å². The lowest BCUT2D eigenvalue weighted by atomic mass is 9.35. The molecule has 0 spiro atoms. The Morgan fingerprint density at radius 2 is 1.32 bits per heavy atom. The van der Waals surface area contributed by atoms with E-state index in [1.54, 1.807) is 0 Å². The first-order chi connectivity index (χ1) is 14.2. The van der Waals surface area contributed by atoms with Crippen LogP contribution in [0.5, 0.6) is 0 Å². The summed E-state index contributed by atoms with van der Waals surface area (Å²) in [5, 5.41) is 10.9. The third kappa shape index (κ3) is 2.83. The maximum atomic E-state index is 10.9. The van der Waals surface area contributed by atoms with Gasteiger partial charge in [-0.3, -0.25) is 0 Å². The second-order valence-electron chi connectivity index (χ2n) is 15.3. The molecule has 0 bridgehead atoms. The number of fused-ring (bicyclic) bond motifs is 7. The molecule has 5 aliphatic rings. The van der Waals surface area contributed by atoms with E-state index in [1.165, 1.54) is 57.8 Å². The smallest absolute Gasteiger partial charge is 0.0594 e. The molecule has 5 rings (SSSR count). The molecule has 176 valence electrons. The summed E-state index contributed by atoms with van der Waals surface area (Å²) in [6, 6.07) is 0. The van der Waals surface area contributed by atoms with Crippen LogP contribution in [0.3, 0.4) is 0 Å². The van der Waals surface area contributed by atoms with Gasteiger partial charge in [0.05, 0.1) is 6.10 Å². The van der Waals surface area contributed by atoms with Gasteiger partial charge in [-0.2, -0.15) is 0 Å². The first-order valence-corrected chi connectivity index (χ1v) is 13.6. The van der Waals surface area contributed by atoms with E-state index in [2.05, 4.69) is 61.5 Å². The Bertz CT molecular complexity index is 790. The third-order valence-corrected chi connectivity index (χ3v) is 12.7. The molecule has 0 heterocycles. The third-order valence-electron chi connectivity index (χ3n) is 12.7. The second kappa shape index (κ2) is 6.43. The molecule has 1 nitrogen and oxygen atoms in total. The minimum Gasteiger partial charge on any atom is -0.393 e. The molecule has 0 unspecified atom stereocenters. The summed E-state index contributed by atoms with van der Waals surface area (Å²) in [7, 11) is 0. The largest absolute Gasteiger partial charge is 0.393 e. The molecule has 1 heteroatoms. The van der Waals surface area contributed by atoms with Crippen LogP contribution in [0.1, 0.15) is 120 Å². The number of aliphatic hydroxyl groups is 1. The predicted octanol–water partition coefficient (Wildman–Crippen LogP) is 8.17. The van der Waals surface area contributed by atoms with E-state index in [9.17, 15) is 5.11 Å². The van der Waals surface area contributed by atoms with Crippen LogP contribution in [-0.2, 0) is 0 Å². The topological polar surface area (TPSA) is 20.2 Å². The lowest BCUT2D eigenvalue weighted by molar-refractivity contribution is -0.184. The van der Waals surface area contributed by atoms with Gasteiger partial charge in [0.25, 0.3) is 0 Å². The Balaban J connectivity index is 1.56. The molecular weight excluding hydrogens is 376 g/mol. The lowest BCUT2D eigenvalue weighted by Crippen LogP contribution is -2.63. The van der Waals surface area contributed by atoms with E-state index in [-0.39, 0.29) is 11.5 Å². The number of allylic oxidation sites excluding steroid dienone is 2. The summed E-state index contributed by atoms with van der Waals surface area (Å²) >= 11 is 0. The van der Waals surface area contributed by atoms with Crippen molar-refractivity contribution in [1.29, 1.82) is 0 Å². The molecule has 1 N–H and O–H groups in total. The number of hydrogen-bond donors (Lipinski definition) is 1. The molecule has 8 atom stereocenters. The zero-order valence-electron chi connectivity index (χ0n) is 21.9. The van der Waals surface area contributed by atoms with Gasteiger partial charge >= 0.3 is 0 Å². The van der Waals surface area contributed by atoms with Gasteiger partial charge in [-0.05, 0) is 114 Å². The second-order valence-corrected chi connectivity index (χ2v) is 15.3. The predicted molar refractivity (Wildman–Crippen MR) is 131 cm³/mol. The zero-order valence-corrected chi connectivity index (χ0v) is 21.9. The highest BCUT2D eigenvalue weighted by Crippen LogP contribution is 2.74. The quantitative estimate of drug-likeness (QED) is 0.387. The Labute approximate surface area is 192 Å². The van der Waals surface area contributed by atoms with E-state index in [4.69, 9.17) is 0 Å². The molecule has 0 aromatic heterocycles. The molecule has 0 aliphatic heterocycles. The van der Waals surface area contributed by atoms with Crippen LogP contribution in [-0.4, -0.2) is 11.2 Å².